The number of benzene rings is 1. The molecule has 2 fully saturated rings. The van der Waals surface area contributed by atoms with Crippen LogP contribution in [0.25, 0.3) is 11.0 Å². The van der Waals surface area contributed by atoms with E-state index in [4.69, 9.17) is 4.74 Å². The molecule has 1 unspecified atom stereocenters. The van der Waals surface area contributed by atoms with E-state index < -0.39 is 0 Å². The molecule has 1 aromatic carbocycles. The Morgan fingerprint density at radius 3 is 2.78 bits per heavy atom. The van der Waals surface area contributed by atoms with Crippen LogP contribution in [0.5, 0.6) is 0 Å². The van der Waals surface area contributed by atoms with Gasteiger partial charge in [0.1, 0.15) is 6.04 Å². The summed E-state index contributed by atoms with van der Waals surface area (Å²) in [4.78, 5) is 19.3. The fourth-order valence-electron chi connectivity index (χ4n) is 3.95. The molecule has 2 aliphatic rings. The highest BCUT2D eigenvalue weighted by Gasteiger charge is 2.40. The Kier molecular flexibility index (Phi) is 3.60. The first-order valence-electron chi connectivity index (χ1n) is 8.53. The fourth-order valence-corrected chi connectivity index (χ4v) is 3.95. The number of para-hydroxylation sites is 2. The average molecular weight is 313 g/mol. The Bertz CT molecular complexity index is 708. The smallest absolute Gasteiger partial charge is 0.245 e. The molecule has 3 heterocycles. The highest BCUT2D eigenvalue weighted by atomic mass is 16.5. The molecule has 2 aromatic rings. The molecule has 122 valence electrons. The monoisotopic (exact) mass is 313 g/mol. The minimum atomic E-state index is -0.221. The second kappa shape index (κ2) is 5.64. The number of hydrogen-bond donors (Lipinski definition) is 0. The van der Waals surface area contributed by atoms with Crippen LogP contribution < -0.4 is 0 Å². The molecule has 1 atom stereocenters. The van der Waals surface area contributed by atoms with Gasteiger partial charge in [-0.15, -0.1) is 0 Å². The lowest BCUT2D eigenvalue weighted by Crippen LogP contribution is -2.48. The number of carbonyl (C=O) groups excluding carboxylic acids is 1. The number of imidazole rings is 1. The van der Waals surface area contributed by atoms with E-state index in [1.807, 2.05) is 40.7 Å². The van der Waals surface area contributed by atoms with Crippen molar-refractivity contribution < 1.29 is 9.53 Å². The van der Waals surface area contributed by atoms with Crippen LogP contribution in [0.4, 0.5) is 0 Å². The van der Waals surface area contributed by atoms with Gasteiger partial charge in [-0.05, 0) is 44.7 Å². The summed E-state index contributed by atoms with van der Waals surface area (Å²) < 4.78 is 7.93. The Labute approximate surface area is 136 Å². The van der Waals surface area contributed by atoms with E-state index in [9.17, 15) is 4.79 Å². The summed E-state index contributed by atoms with van der Waals surface area (Å²) >= 11 is 0. The summed E-state index contributed by atoms with van der Waals surface area (Å²) in [5, 5.41) is 0. The third-order valence-corrected chi connectivity index (χ3v) is 5.43. The van der Waals surface area contributed by atoms with Crippen molar-refractivity contribution in [2.75, 3.05) is 19.7 Å². The standard InChI is InChI=1S/C18H23N3O2/c1-14(21-13-19-15-5-2-3-6-16(15)21)17(22)20-10-8-18(9-11-20)7-4-12-23-18/h2-3,5-6,13-14H,4,7-12H2,1H3. The van der Waals surface area contributed by atoms with Crippen molar-refractivity contribution in [1.82, 2.24) is 14.5 Å². The molecule has 1 aromatic heterocycles. The fraction of sp³-hybridized carbons (Fsp3) is 0.556. The minimum absolute atomic E-state index is 0.0573. The van der Waals surface area contributed by atoms with Crippen LogP contribution >= 0.6 is 0 Å². The summed E-state index contributed by atoms with van der Waals surface area (Å²) in [5.74, 6) is 0.181. The Hall–Kier alpha value is -1.88. The molecule has 0 radical (unpaired) electrons. The van der Waals surface area contributed by atoms with Crippen molar-refractivity contribution in [3.8, 4) is 0 Å². The van der Waals surface area contributed by atoms with Crippen molar-refractivity contribution >= 4 is 16.9 Å². The van der Waals surface area contributed by atoms with Gasteiger partial charge < -0.3 is 14.2 Å². The molecule has 2 saturated heterocycles. The zero-order chi connectivity index (χ0) is 15.9. The van der Waals surface area contributed by atoms with Crippen molar-refractivity contribution in [2.45, 2.75) is 44.2 Å². The first-order chi connectivity index (χ1) is 11.2. The van der Waals surface area contributed by atoms with Crippen LogP contribution in [-0.2, 0) is 9.53 Å². The van der Waals surface area contributed by atoms with Crippen LogP contribution in [-0.4, -0.2) is 45.7 Å². The van der Waals surface area contributed by atoms with E-state index in [1.54, 1.807) is 6.33 Å². The number of hydrogen-bond acceptors (Lipinski definition) is 3. The molecule has 1 amide bonds. The van der Waals surface area contributed by atoms with Crippen LogP contribution in [0, 0.1) is 0 Å². The summed E-state index contributed by atoms with van der Waals surface area (Å²) in [6.45, 7) is 4.45. The maximum absolute atomic E-state index is 12.9. The van der Waals surface area contributed by atoms with E-state index in [0.717, 1.165) is 56.4 Å². The SMILES string of the molecule is CC(C(=O)N1CCC2(CCCO2)CC1)n1cnc2ccccc21. The van der Waals surface area contributed by atoms with Crippen molar-refractivity contribution in [1.29, 1.82) is 0 Å². The van der Waals surface area contributed by atoms with Crippen molar-refractivity contribution in [3.63, 3.8) is 0 Å². The van der Waals surface area contributed by atoms with E-state index in [0.29, 0.717) is 0 Å². The van der Waals surface area contributed by atoms with Gasteiger partial charge >= 0.3 is 0 Å². The zero-order valence-corrected chi connectivity index (χ0v) is 13.6. The van der Waals surface area contributed by atoms with Gasteiger partial charge in [-0.25, -0.2) is 4.98 Å². The third-order valence-electron chi connectivity index (χ3n) is 5.43. The number of piperidine rings is 1. The Morgan fingerprint density at radius 2 is 2.04 bits per heavy atom. The number of likely N-dealkylation sites (tertiary alicyclic amines) is 1. The van der Waals surface area contributed by atoms with E-state index in [-0.39, 0.29) is 17.6 Å². The van der Waals surface area contributed by atoms with Gasteiger partial charge in [0.25, 0.3) is 0 Å². The maximum Gasteiger partial charge on any atom is 0.245 e. The van der Waals surface area contributed by atoms with Gasteiger partial charge in [0.05, 0.1) is 23.0 Å². The number of aromatic nitrogens is 2. The highest BCUT2D eigenvalue weighted by molar-refractivity contribution is 5.83. The molecule has 1 spiro atoms. The predicted octanol–water partition coefficient (Wildman–Crippen LogP) is 2.77. The van der Waals surface area contributed by atoms with Gasteiger partial charge in [-0.1, -0.05) is 12.1 Å². The zero-order valence-electron chi connectivity index (χ0n) is 13.6. The highest BCUT2D eigenvalue weighted by Crippen LogP contribution is 2.36. The molecule has 0 saturated carbocycles. The summed E-state index contributed by atoms with van der Waals surface area (Å²) in [7, 11) is 0. The second-order valence-corrected chi connectivity index (χ2v) is 6.78. The minimum Gasteiger partial charge on any atom is -0.375 e. The molecule has 0 N–H and O–H groups in total. The van der Waals surface area contributed by atoms with Gasteiger partial charge in [0.15, 0.2) is 0 Å². The number of carbonyl (C=O) groups is 1. The van der Waals surface area contributed by atoms with Crippen LogP contribution in [0.15, 0.2) is 30.6 Å². The largest absolute Gasteiger partial charge is 0.375 e. The molecule has 4 rings (SSSR count). The first-order valence-corrected chi connectivity index (χ1v) is 8.53. The molecule has 2 aliphatic heterocycles. The predicted molar refractivity (Wildman–Crippen MR) is 88.2 cm³/mol. The average Bonchev–Trinajstić information content (AvgIpc) is 3.21. The summed E-state index contributed by atoms with van der Waals surface area (Å²) in [6.07, 6.45) is 6.02. The van der Waals surface area contributed by atoms with E-state index in [2.05, 4.69) is 4.98 Å². The molecule has 23 heavy (non-hydrogen) atoms. The van der Waals surface area contributed by atoms with Gasteiger partial charge in [-0.3, -0.25) is 4.79 Å². The normalized spacial score (nSPS) is 21.9. The number of nitrogens with zero attached hydrogens (tertiary/aromatic N) is 3. The van der Waals surface area contributed by atoms with E-state index in [1.165, 1.54) is 0 Å². The molecule has 0 aliphatic carbocycles. The Balaban J connectivity index is 1.48. The maximum atomic E-state index is 12.9. The summed E-state index contributed by atoms with van der Waals surface area (Å²) in [6, 6.07) is 7.73. The lowest BCUT2D eigenvalue weighted by Gasteiger charge is -2.39. The molecule has 5 nitrogen and oxygen atoms in total. The summed E-state index contributed by atoms with van der Waals surface area (Å²) in [5.41, 5.74) is 2.01. The number of fused-ring (bicyclic) bond motifs is 1. The molecular weight excluding hydrogens is 290 g/mol. The van der Waals surface area contributed by atoms with Crippen molar-refractivity contribution in [3.05, 3.63) is 30.6 Å². The third kappa shape index (κ3) is 2.53. The topological polar surface area (TPSA) is 47.4 Å². The van der Waals surface area contributed by atoms with Gasteiger partial charge in [0.2, 0.25) is 5.91 Å². The lowest BCUT2D eigenvalue weighted by atomic mass is 9.88. The van der Waals surface area contributed by atoms with Crippen molar-refractivity contribution in [2.24, 2.45) is 0 Å². The van der Waals surface area contributed by atoms with Gasteiger partial charge in [0, 0.05) is 19.7 Å². The van der Waals surface area contributed by atoms with Crippen LogP contribution in [0.2, 0.25) is 0 Å². The van der Waals surface area contributed by atoms with E-state index >= 15 is 0 Å². The Morgan fingerprint density at radius 1 is 1.26 bits per heavy atom. The first kappa shape index (κ1) is 14.7. The molecule has 5 heteroatoms. The number of ether oxygens (including phenoxy) is 1. The van der Waals surface area contributed by atoms with Gasteiger partial charge in [-0.2, -0.15) is 0 Å². The van der Waals surface area contributed by atoms with Crippen LogP contribution in [0.3, 0.4) is 0 Å². The quantitative estimate of drug-likeness (QED) is 0.856. The lowest BCUT2D eigenvalue weighted by molar-refractivity contribution is -0.139. The number of amides is 1. The molecular formula is C18H23N3O2. The van der Waals surface area contributed by atoms with Crippen LogP contribution in [0.1, 0.15) is 38.6 Å². The molecule has 0 bridgehead atoms. The second-order valence-electron chi connectivity index (χ2n) is 6.78. The number of rotatable bonds is 2.